The second kappa shape index (κ2) is 7.57. The molecule has 5 heteroatoms. The van der Waals surface area contributed by atoms with E-state index in [1.807, 2.05) is 18.2 Å². The van der Waals surface area contributed by atoms with Crippen LogP contribution >= 0.6 is 11.6 Å². The average molecular weight is 331 g/mol. The Kier molecular flexibility index (Phi) is 5.26. The third-order valence-electron chi connectivity index (χ3n) is 4.08. The van der Waals surface area contributed by atoms with E-state index in [-0.39, 0.29) is 12.1 Å². The number of hydrogen-bond acceptors (Lipinski definition) is 4. The van der Waals surface area contributed by atoms with Gasteiger partial charge in [0.15, 0.2) is 6.29 Å². The van der Waals surface area contributed by atoms with Gasteiger partial charge in [0.25, 0.3) is 0 Å². The number of benzene rings is 1. The predicted octanol–water partition coefficient (Wildman–Crippen LogP) is 4.10. The van der Waals surface area contributed by atoms with Crippen LogP contribution in [-0.4, -0.2) is 23.4 Å². The van der Waals surface area contributed by atoms with Crippen LogP contribution in [0.2, 0.25) is 5.02 Å². The number of rotatable bonds is 6. The summed E-state index contributed by atoms with van der Waals surface area (Å²) in [6.45, 7) is 0.606. The SMILES string of the molecule is O=Cc1cnc(N[C@@H]2CCC[C@H]2OCc2ccccc2)c(Cl)c1. The van der Waals surface area contributed by atoms with E-state index >= 15 is 0 Å². The maximum absolute atomic E-state index is 10.7. The van der Waals surface area contributed by atoms with E-state index in [1.165, 1.54) is 11.8 Å². The molecule has 1 fully saturated rings. The number of pyridine rings is 1. The van der Waals surface area contributed by atoms with Crippen molar-refractivity contribution >= 4 is 23.7 Å². The molecule has 0 unspecified atom stereocenters. The molecule has 1 heterocycles. The van der Waals surface area contributed by atoms with Gasteiger partial charge in [-0.3, -0.25) is 4.79 Å². The summed E-state index contributed by atoms with van der Waals surface area (Å²) in [4.78, 5) is 15.0. The molecule has 0 amide bonds. The van der Waals surface area contributed by atoms with Crippen LogP contribution in [0.3, 0.4) is 0 Å². The number of halogens is 1. The minimum absolute atomic E-state index is 0.138. The van der Waals surface area contributed by atoms with Crippen LogP contribution in [0.25, 0.3) is 0 Å². The van der Waals surface area contributed by atoms with Gasteiger partial charge in [-0.05, 0) is 30.9 Å². The largest absolute Gasteiger partial charge is 0.371 e. The normalized spacial score (nSPS) is 20.4. The molecule has 0 aliphatic heterocycles. The Balaban J connectivity index is 1.61. The van der Waals surface area contributed by atoms with Crippen LogP contribution in [-0.2, 0) is 11.3 Å². The van der Waals surface area contributed by atoms with Gasteiger partial charge >= 0.3 is 0 Å². The van der Waals surface area contributed by atoms with Crippen molar-refractivity contribution in [1.29, 1.82) is 0 Å². The summed E-state index contributed by atoms with van der Waals surface area (Å²) in [6, 6.07) is 12.0. The second-order valence-corrected chi connectivity index (χ2v) is 6.14. The molecule has 1 N–H and O–H groups in total. The molecule has 1 aliphatic rings. The van der Waals surface area contributed by atoms with Gasteiger partial charge in [-0.25, -0.2) is 4.98 Å². The average Bonchev–Trinajstić information content (AvgIpc) is 3.03. The van der Waals surface area contributed by atoms with Crippen molar-refractivity contribution in [3.8, 4) is 0 Å². The number of carbonyl (C=O) groups is 1. The molecule has 0 spiro atoms. The van der Waals surface area contributed by atoms with Gasteiger partial charge in [-0.1, -0.05) is 41.9 Å². The fourth-order valence-corrected chi connectivity index (χ4v) is 3.10. The van der Waals surface area contributed by atoms with E-state index in [0.29, 0.717) is 23.0 Å². The Morgan fingerprint density at radius 2 is 2.13 bits per heavy atom. The van der Waals surface area contributed by atoms with Crippen LogP contribution in [0.1, 0.15) is 35.2 Å². The van der Waals surface area contributed by atoms with Crippen molar-refractivity contribution in [2.45, 2.75) is 38.0 Å². The first-order valence-corrected chi connectivity index (χ1v) is 8.17. The van der Waals surface area contributed by atoms with Crippen LogP contribution in [0.5, 0.6) is 0 Å². The molecular weight excluding hydrogens is 312 g/mol. The zero-order chi connectivity index (χ0) is 16.1. The highest BCUT2D eigenvalue weighted by Crippen LogP contribution is 2.28. The molecule has 1 aromatic heterocycles. The number of carbonyl (C=O) groups excluding carboxylic acids is 1. The third kappa shape index (κ3) is 4.09. The number of aldehydes is 1. The van der Waals surface area contributed by atoms with E-state index in [9.17, 15) is 4.79 Å². The summed E-state index contributed by atoms with van der Waals surface area (Å²) in [5, 5.41) is 3.82. The first-order valence-electron chi connectivity index (χ1n) is 7.79. The summed E-state index contributed by atoms with van der Waals surface area (Å²) in [5.41, 5.74) is 1.65. The quantitative estimate of drug-likeness (QED) is 0.810. The van der Waals surface area contributed by atoms with Crippen molar-refractivity contribution < 1.29 is 9.53 Å². The molecule has 2 atom stereocenters. The summed E-state index contributed by atoms with van der Waals surface area (Å²) >= 11 is 6.18. The van der Waals surface area contributed by atoms with E-state index in [2.05, 4.69) is 22.4 Å². The summed E-state index contributed by atoms with van der Waals surface area (Å²) in [7, 11) is 0. The molecule has 120 valence electrons. The van der Waals surface area contributed by atoms with E-state index < -0.39 is 0 Å². The summed E-state index contributed by atoms with van der Waals surface area (Å²) in [5.74, 6) is 0.609. The highest BCUT2D eigenvalue weighted by molar-refractivity contribution is 6.33. The second-order valence-electron chi connectivity index (χ2n) is 5.73. The molecule has 1 aliphatic carbocycles. The van der Waals surface area contributed by atoms with Gasteiger partial charge < -0.3 is 10.1 Å². The first kappa shape index (κ1) is 16.0. The monoisotopic (exact) mass is 330 g/mol. The van der Waals surface area contributed by atoms with Gasteiger partial charge in [0.05, 0.1) is 23.8 Å². The lowest BCUT2D eigenvalue weighted by atomic mass is 10.2. The Hall–Kier alpha value is -1.91. The van der Waals surface area contributed by atoms with Crippen molar-refractivity contribution in [1.82, 2.24) is 4.98 Å². The maximum Gasteiger partial charge on any atom is 0.151 e. The summed E-state index contributed by atoms with van der Waals surface area (Å²) in [6.07, 6.45) is 5.56. The molecular formula is C18H19ClN2O2. The number of ether oxygens (including phenoxy) is 1. The van der Waals surface area contributed by atoms with Crippen molar-refractivity contribution in [2.75, 3.05) is 5.32 Å². The fourth-order valence-electron chi connectivity index (χ4n) is 2.87. The number of anilines is 1. The number of aromatic nitrogens is 1. The smallest absolute Gasteiger partial charge is 0.151 e. The van der Waals surface area contributed by atoms with Gasteiger partial charge in [0.1, 0.15) is 5.82 Å². The number of nitrogens with one attached hydrogen (secondary N) is 1. The molecule has 3 rings (SSSR count). The van der Waals surface area contributed by atoms with E-state index in [0.717, 1.165) is 25.5 Å². The van der Waals surface area contributed by atoms with Gasteiger partial charge in [-0.15, -0.1) is 0 Å². The predicted molar refractivity (Wildman–Crippen MR) is 90.9 cm³/mol. The molecule has 1 aromatic carbocycles. The van der Waals surface area contributed by atoms with Crippen molar-refractivity contribution in [2.24, 2.45) is 0 Å². The molecule has 0 bridgehead atoms. The Bertz CT molecular complexity index is 663. The molecule has 4 nitrogen and oxygen atoms in total. The molecule has 23 heavy (non-hydrogen) atoms. The van der Waals surface area contributed by atoms with Gasteiger partial charge in [0, 0.05) is 11.8 Å². The maximum atomic E-state index is 10.7. The Labute approximate surface area is 140 Å². The highest BCUT2D eigenvalue weighted by atomic mass is 35.5. The first-order chi connectivity index (χ1) is 11.3. The zero-order valence-electron chi connectivity index (χ0n) is 12.7. The molecule has 1 saturated carbocycles. The highest BCUT2D eigenvalue weighted by Gasteiger charge is 2.28. The Morgan fingerprint density at radius 1 is 1.30 bits per heavy atom. The number of hydrogen-bond donors (Lipinski definition) is 1. The minimum atomic E-state index is 0.138. The van der Waals surface area contributed by atoms with E-state index in [4.69, 9.17) is 16.3 Å². The standard InChI is InChI=1S/C18H19ClN2O2/c19-15-9-14(11-22)10-20-18(15)21-16-7-4-8-17(16)23-12-13-5-2-1-3-6-13/h1-3,5-6,9-11,16-17H,4,7-8,12H2,(H,20,21)/t16-,17-/m1/s1. The Morgan fingerprint density at radius 3 is 2.87 bits per heavy atom. The number of nitrogens with zero attached hydrogens (tertiary/aromatic N) is 1. The molecule has 0 radical (unpaired) electrons. The van der Waals surface area contributed by atoms with Crippen molar-refractivity contribution in [3.05, 3.63) is 58.7 Å². The van der Waals surface area contributed by atoms with Gasteiger partial charge in [-0.2, -0.15) is 0 Å². The van der Waals surface area contributed by atoms with Crippen LogP contribution in [0, 0.1) is 0 Å². The topological polar surface area (TPSA) is 51.2 Å². The van der Waals surface area contributed by atoms with E-state index in [1.54, 1.807) is 6.07 Å². The molecule has 2 aromatic rings. The zero-order valence-corrected chi connectivity index (χ0v) is 13.5. The van der Waals surface area contributed by atoms with Crippen LogP contribution in [0.15, 0.2) is 42.6 Å². The van der Waals surface area contributed by atoms with Crippen LogP contribution in [0.4, 0.5) is 5.82 Å². The molecule has 0 saturated heterocycles. The minimum Gasteiger partial charge on any atom is -0.371 e. The lowest BCUT2D eigenvalue weighted by Crippen LogP contribution is -2.31. The van der Waals surface area contributed by atoms with Crippen molar-refractivity contribution in [3.63, 3.8) is 0 Å². The third-order valence-corrected chi connectivity index (χ3v) is 4.37. The lowest BCUT2D eigenvalue weighted by molar-refractivity contribution is 0.0394. The van der Waals surface area contributed by atoms with Gasteiger partial charge in [0.2, 0.25) is 0 Å². The lowest BCUT2D eigenvalue weighted by Gasteiger charge is -2.22. The summed E-state index contributed by atoms with van der Waals surface area (Å²) < 4.78 is 6.07. The van der Waals surface area contributed by atoms with Crippen LogP contribution < -0.4 is 5.32 Å². The fraction of sp³-hybridized carbons (Fsp3) is 0.333.